The highest BCUT2D eigenvalue weighted by atomic mass is 32.2. The average Bonchev–Trinajstić information content (AvgIpc) is 2.59. The summed E-state index contributed by atoms with van der Waals surface area (Å²) in [5.41, 5.74) is 3.30. The molecule has 0 radical (unpaired) electrons. The van der Waals surface area contributed by atoms with E-state index in [9.17, 15) is 4.79 Å². The number of aryl methyl sites for hydroxylation is 1. The zero-order valence-electron chi connectivity index (χ0n) is 14.7. The van der Waals surface area contributed by atoms with E-state index in [2.05, 4.69) is 55.3 Å². The van der Waals surface area contributed by atoms with Crippen molar-refractivity contribution in [2.75, 3.05) is 24.2 Å². The molecule has 0 aliphatic rings. The van der Waals surface area contributed by atoms with E-state index in [0.717, 1.165) is 30.2 Å². The number of carbonyl (C=O) groups is 1. The van der Waals surface area contributed by atoms with Gasteiger partial charge in [-0.25, -0.2) is 0 Å². The van der Waals surface area contributed by atoms with E-state index in [1.54, 1.807) is 11.8 Å². The first-order chi connectivity index (χ1) is 11.6. The molecule has 0 unspecified atom stereocenters. The lowest BCUT2D eigenvalue weighted by Crippen LogP contribution is -2.22. The summed E-state index contributed by atoms with van der Waals surface area (Å²) in [5, 5.41) is 3.00. The van der Waals surface area contributed by atoms with Crippen LogP contribution in [-0.2, 0) is 11.3 Å². The first-order valence-corrected chi connectivity index (χ1v) is 9.40. The Morgan fingerprint density at radius 2 is 1.83 bits per heavy atom. The van der Waals surface area contributed by atoms with Crippen molar-refractivity contribution >= 4 is 23.4 Å². The number of carbonyl (C=O) groups excluding carboxylic acids is 1. The first kappa shape index (κ1) is 18.6. The minimum Gasteiger partial charge on any atom is -0.325 e. The summed E-state index contributed by atoms with van der Waals surface area (Å²) < 4.78 is 0. The number of amides is 1. The number of nitrogens with zero attached hydrogens (tertiary/aromatic N) is 1. The van der Waals surface area contributed by atoms with E-state index >= 15 is 0 Å². The van der Waals surface area contributed by atoms with Crippen LogP contribution in [0.4, 0.5) is 5.69 Å². The topological polar surface area (TPSA) is 32.3 Å². The van der Waals surface area contributed by atoms with Gasteiger partial charge >= 0.3 is 0 Å². The molecule has 24 heavy (non-hydrogen) atoms. The smallest absolute Gasteiger partial charge is 0.234 e. The fraction of sp³-hybridized carbons (Fsp3) is 0.350. The third kappa shape index (κ3) is 5.69. The molecule has 0 atom stereocenters. The average molecular weight is 343 g/mol. The van der Waals surface area contributed by atoms with Crippen LogP contribution in [0.5, 0.6) is 0 Å². The fourth-order valence-electron chi connectivity index (χ4n) is 2.51. The van der Waals surface area contributed by atoms with Crippen LogP contribution in [0.3, 0.4) is 0 Å². The molecule has 3 nitrogen and oxygen atoms in total. The molecule has 2 rings (SSSR count). The van der Waals surface area contributed by atoms with Crippen LogP contribution in [0.25, 0.3) is 0 Å². The fourth-order valence-corrected chi connectivity index (χ4v) is 3.34. The summed E-state index contributed by atoms with van der Waals surface area (Å²) in [7, 11) is 0. The number of thioether (sulfide) groups is 1. The largest absolute Gasteiger partial charge is 0.325 e. The van der Waals surface area contributed by atoms with Gasteiger partial charge in [-0.05, 0) is 49.3 Å². The Kier molecular flexibility index (Phi) is 7.35. The van der Waals surface area contributed by atoms with Crippen molar-refractivity contribution in [3.63, 3.8) is 0 Å². The Bertz CT molecular complexity index is 668. The second-order valence-corrected chi connectivity index (χ2v) is 6.78. The molecular weight excluding hydrogens is 316 g/mol. The summed E-state index contributed by atoms with van der Waals surface area (Å²) in [4.78, 5) is 15.7. The molecule has 0 bridgehead atoms. The van der Waals surface area contributed by atoms with Gasteiger partial charge < -0.3 is 5.32 Å². The van der Waals surface area contributed by atoms with Crippen molar-refractivity contribution in [2.45, 2.75) is 32.2 Å². The van der Waals surface area contributed by atoms with Gasteiger partial charge in [0.2, 0.25) is 5.91 Å². The molecule has 0 aliphatic carbocycles. The van der Waals surface area contributed by atoms with Crippen LogP contribution in [0.2, 0.25) is 0 Å². The van der Waals surface area contributed by atoms with Crippen LogP contribution < -0.4 is 5.32 Å². The van der Waals surface area contributed by atoms with Crippen molar-refractivity contribution < 1.29 is 4.79 Å². The summed E-state index contributed by atoms with van der Waals surface area (Å²) in [6.07, 6.45) is 0. The van der Waals surface area contributed by atoms with E-state index < -0.39 is 0 Å². The molecular formula is C20H26N2OS. The van der Waals surface area contributed by atoms with Gasteiger partial charge in [0.25, 0.3) is 0 Å². The highest BCUT2D eigenvalue weighted by Crippen LogP contribution is 2.22. The summed E-state index contributed by atoms with van der Waals surface area (Å²) >= 11 is 1.58. The maximum absolute atomic E-state index is 12.2. The lowest BCUT2D eigenvalue weighted by Gasteiger charge is -2.18. The molecule has 1 amide bonds. The van der Waals surface area contributed by atoms with Crippen LogP contribution in [0.1, 0.15) is 25.0 Å². The number of benzene rings is 2. The summed E-state index contributed by atoms with van der Waals surface area (Å²) in [5.74, 6) is 0.453. The molecule has 0 aliphatic heterocycles. The van der Waals surface area contributed by atoms with E-state index in [0.29, 0.717) is 5.75 Å². The molecule has 4 heteroatoms. The maximum atomic E-state index is 12.2. The van der Waals surface area contributed by atoms with Crippen molar-refractivity contribution in [3.05, 3.63) is 59.7 Å². The Morgan fingerprint density at radius 1 is 1.08 bits per heavy atom. The molecule has 0 spiro atoms. The molecule has 128 valence electrons. The van der Waals surface area contributed by atoms with Gasteiger partial charge in [-0.1, -0.05) is 44.2 Å². The predicted molar refractivity (Wildman–Crippen MR) is 104 cm³/mol. The van der Waals surface area contributed by atoms with Crippen molar-refractivity contribution in [1.29, 1.82) is 0 Å². The molecule has 0 saturated heterocycles. The van der Waals surface area contributed by atoms with Gasteiger partial charge in [0.05, 0.1) is 5.75 Å². The lowest BCUT2D eigenvalue weighted by molar-refractivity contribution is -0.113. The second-order valence-electron chi connectivity index (χ2n) is 5.76. The molecule has 0 heterocycles. The van der Waals surface area contributed by atoms with Gasteiger partial charge in [-0.15, -0.1) is 11.8 Å². The Balaban J connectivity index is 1.91. The van der Waals surface area contributed by atoms with E-state index in [4.69, 9.17) is 0 Å². The first-order valence-electron chi connectivity index (χ1n) is 8.42. The molecule has 0 aromatic heterocycles. The van der Waals surface area contributed by atoms with Gasteiger partial charge in [0.1, 0.15) is 0 Å². The lowest BCUT2D eigenvalue weighted by atomic mass is 10.2. The molecule has 1 N–H and O–H groups in total. The summed E-state index contributed by atoms with van der Waals surface area (Å²) in [6.45, 7) is 9.36. The zero-order chi connectivity index (χ0) is 17.4. The molecule has 0 fully saturated rings. The van der Waals surface area contributed by atoms with Crippen LogP contribution in [-0.4, -0.2) is 29.6 Å². The third-order valence-electron chi connectivity index (χ3n) is 3.96. The van der Waals surface area contributed by atoms with E-state index in [-0.39, 0.29) is 5.91 Å². The Labute approximate surface area is 149 Å². The molecule has 2 aromatic rings. The highest BCUT2D eigenvalue weighted by Gasteiger charge is 2.07. The van der Waals surface area contributed by atoms with Crippen LogP contribution >= 0.6 is 11.8 Å². The van der Waals surface area contributed by atoms with Gasteiger partial charge in [-0.3, -0.25) is 9.69 Å². The molecule has 2 aromatic carbocycles. The monoisotopic (exact) mass is 342 g/mol. The van der Waals surface area contributed by atoms with Crippen LogP contribution in [0, 0.1) is 6.92 Å². The van der Waals surface area contributed by atoms with Crippen LogP contribution in [0.15, 0.2) is 53.4 Å². The molecule has 0 saturated carbocycles. The SMILES string of the molecule is CCN(CC)Cc1cccc(NC(=O)CSc2ccccc2C)c1. The van der Waals surface area contributed by atoms with Crippen molar-refractivity contribution in [3.8, 4) is 0 Å². The van der Waals surface area contributed by atoms with Crippen molar-refractivity contribution in [2.24, 2.45) is 0 Å². The Hall–Kier alpha value is -1.78. The second kappa shape index (κ2) is 9.50. The number of nitrogens with one attached hydrogen (secondary N) is 1. The normalized spacial score (nSPS) is 10.8. The number of anilines is 1. The number of rotatable bonds is 8. The van der Waals surface area contributed by atoms with Gasteiger partial charge in [0.15, 0.2) is 0 Å². The quantitative estimate of drug-likeness (QED) is 0.713. The number of hydrogen-bond acceptors (Lipinski definition) is 3. The minimum atomic E-state index is 0.0308. The summed E-state index contributed by atoms with van der Waals surface area (Å²) in [6, 6.07) is 16.3. The maximum Gasteiger partial charge on any atom is 0.234 e. The van der Waals surface area contributed by atoms with Gasteiger partial charge in [0, 0.05) is 17.1 Å². The van der Waals surface area contributed by atoms with Gasteiger partial charge in [-0.2, -0.15) is 0 Å². The predicted octanol–water partition coefficient (Wildman–Crippen LogP) is 4.57. The zero-order valence-corrected chi connectivity index (χ0v) is 15.5. The highest BCUT2D eigenvalue weighted by molar-refractivity contribution is 8.00. The standard InChI is InChI=1S/C20H26N2OS/c1-4-22(5-2)14-17-10-8-11-18(13-17)21-20(23)15-24-19-12-7-6-9-16(19)3/h6-13H,4-5,14-15H2,1-3H3,(H,21,23). The van der Waals surface area contributed by atoms with Crippen molar-refractivity contribution in [1.82, 2.24) is 4.90 Å². The Morgan fingerprint density at radius 3 is 2.54 bits per heavy atom. The number of hydrogen-bond donors (Lipinski definition) is 1. The van der Waals surface area contributed by atoms with E-state index in [1.165, 1.54) is 11.1 Å². The third-order valence-corrected chi connectivity index (χ3v) is 5.14. The minimum absolute atomic E-state index is 0.0308. The van der Waals surface area contributed by atoms with E-state index in [1.807, 2.05) is 24.3 Å².